The lowest BCUT2D eigenvalue weighted by Crippen LogP contribution is -2.50. The maximum Gasteiger partial charge on any atom is 0.212 e. The van der Waals surface area contributed by atoms with Gasteiger partial charge in [0.25, 0.3) is 0 Å². The molecule has 1 spiro atoms. The number of hydrogen-bond acceptors (Lipinski definition) is 4. The molecule has 0 bridgehead atoms. The van der Waals surface area contributed by atoms with Gasteiger partial charge in [-0.2, -0.15) is 0 Å². The first kappa shape index (κ1) is 17.7. The molecule has 134 valence electrons. The molecule has 1 saturated heterocycles. The number of hydrogen-bond donors (Lipinski definition) is 1. The minimum atomic E-state index is -3.41. The Bertz CT molecular complexity index is 620. The summed E-state index contributed by atoms with van der Waals surface area (Å²) in [5.41, 5.74) is 0.171. The Labute approximate surface area is 140 Å². The van der Waals surface area contributed by atoms with Crippen LogP contribution in [0.25, 0.3) is 0 Å². The predicted molar refractivity (Wildman–Crippen MR) is 91.5 cm³/mol. The Morgan fingerprint density at radius 1 is 0.957 bits per heavy atom. The van der Waals surface area contributed by atoms with E-state index in [1.807, 2.05) is 0 Å². The van der Waals surface area contributed by atoms with E-state index in [1.54, 1.807) is 0 Å². The summed E-state index contributed by atoms with van der Waals surface area (Å²) in [6, 6.07) is 0.0592. The molecule has 0 aromatic heterocycles. The summed E-state index contributed by atoms with van der Waals surface area (Å²) in [5, 5.41) is 0. The minimum Gasteiger partial charge on any atom is -0.229 e. The quantitative estimate of drug-likeness (QED) is 0.830. The average molecular weight is 364 g/mol. The average Bonchev–Trinajstić information content (AvgIpc) is 2.89. The van der Waals surface area contributed by atoms with Crippen LogP contribution in [0.4, 0.5) is 0 Å². The third-order valence-electron chi connectivity index (χ3n) is 6.09. The zero-order chi connectivity index (χ0) is 16.6. The van der Waals surface area contributed by atoms with Gasteiger partial charge in [-0.3, -0.25) is 0 Å². The van der Waals surface area contributed by atoms with Gasteiger partial charge in [0.15, 0.2) is 9.84 Å². The van der Waals surface area contributed by atoms with Gasteiger partial charge < -0.3 is 0 Å². The zero-order valence-corrected chi connectivity index (χ0v) is 15.4. The summed E-state index contributed by atoms with van der Waals surface area (Å²) in [6.45, 7) is 0. The molecule has 0 amide bonds. The first-order chi connectivity index (χ1) is 10.8. The SMILES string of the molecule is O=S1(=O)CCCC(CS(=O)(=O)NC2CCCCC23CCCC3)C1. The van der Waals surface area contributed by atoms with Gasteiger partial charge in [0, 0.05) is 6.04 Å². The van der Waals surface area contributed by atoms with Gasteiger partial charge in [-0.05, 0) is 49.9 Å². The molecular weight excluding hydrogens is 334 g/mol. The van der Waals surface area contributed by atoms with Crippen LogP contribution in [0.2, 0.25) is 0 Å². The van der Waals surface area contributed by atoms with Crippen molar-refractivity contribution in [3.05, 3.63) is 0 Å². The van der Waals surface area contributed by atoms with Crippen LogP contribution < -0.4 is 4.72 Å². The third kappa shape index (κ3) is 4.28. The number of nitrogens with one attached hydrogen (secondary N) is 1. The Morgan fingerprint density at radius 2 is 1.61 bits per heavy atom. The Kier molecular flexibility index (Phi) is 5.10. The number of sulfone groups is 1. The Balaban J connectivity index is 1.65. The van der Waals surface area contributed by atoms with E-state index in [-0.39, 0.29) is 34.6 Å². The topological polar surface area (TPSA) is 80.3 Å². The van der Waals surface area contributed by atoms with Gasteiger partial charge >= 0.3 is 0 Å². The van der Waals surface area contributed by atoms with Crippen molar-refractivity contribution >= 4 is 19.9 Å². The fraction of sp³-hybridized carbons (Fsp3) is 1.00. The Morgan fingerprint density at radius 3 is 2.26 bits per heavy atom. The highest BCUT2D eigenvalue weighted by molar-refractivity contribution is 7.91. The van der Waals surface area contributed by atoms with Gasteiger partial charge in [0.1, 0.15) is 0 Å². The molecule has 2 aliphatic carbocycles. The van der Waals surface area contributed by atoms with E-state index in [1.165, 1.54) is 19.3 Å². The number of sulfonamides is 1. The normalized spacial score (nSPS) is 33.7. The molecule has 3 fully saturated rings. The van der Waals surface area contributed by atoms with Crippen LogP contribution in [0.3, 0.4) is 0 Å². The molecule has 0 radical (unpaired) electrons. The van der Waals surface area contributed by atoms with Crippen LogP contribution in [0.5, 0.6) is 0 Å². The standard InChI is InChI=1S/C16H29NO4S2/c18-22(19)11-5-6-14(12-22)13-23(20,21)17-15-7-1-2-8-16(15)9-3-4-10-16/h14-15,17H,1-13H2. The van der Waals surface area contributed by atoms with E-state index in [9.17, 15) is 16.8 Å². The lowest BCUT2D eigenvalue weighted by Gasteiger charge is -2.42. The van der Waals surface area contributed by atoms with E-state index in [4.69, 9.17) is 0 Å². The van der Waals surface area contributed by atoms with Gasteiger partial charge in [-0.1, -0.05) is 25.7 Å². The van der Waals surface area contributed by atoms with Crippen LogP contribution in [-0.4, -0.2) is 40.1 Å². The van der Waals surface area contributed by atoms with Crippen molar-refractivity contribution in [2.75, 3.05) is 17.3 Å². The number of rotatable bonds is 4. The zero-order valence-electron chi connectivity index (χ0n) is 13.8. The van der Waals surface area contributed by atoms with E-state index in [2.05, 4.69) is 4.72 Å². The van der Waals surface area contributed by atoms with Crippen molar-refractivity contribution in [2.24, 2.45) is 11.3 Å². The van der Waals surface area contributed by atoms with E-state index in [0.717, 1.165) is 32.1 Å². The summed E-state index contributed by atoms with van der Waals surface area (Å²) in [6.07, 6.45) is 10.4. The second kappa shape index (κ2) is 6.64. The molecule has 7 heteroatoms. The lowest BCUT2D eigenvalue weighted by molar-refractivity contribution is 0.148. The van der Waals surface area contributed by atoms with Crippen molar-refractivity contribution in [2.45, 2.75) is 70.3 Å². The first-order valence-corrected chi connectivity index (χ1v) is 12.5. The van der Waals surface area contributed by atoms with Crippen molar-refractivity contribution in [3.8, 4) is 0 Å². The monoisotopic (exact) mass is 363 g/mol. The second-order valence-electron chi connectivity index (χ2n) is 7.89. The van der Waals surface area contributed by atoms with E-state index in [0.29, 0.717) is 12.8 Å². The molecule has 1 aliphatic heterocycles. The van der Waals surface area contributed by atoms with Crippen LogP contribution in [-0.2, 0) is 19.9 Å². The Hall–Kier alpha value is -0.140. The molecule has 2 saturated carbocycles. The van der Waals surface area contributed by atoms with Crippen LogP contribution in [0, 0.1) is 11.3 Å². The highest BCUT2D eigenvalue weighted by Gasteiger charge is 2.44. The van der Waals surface area contributed by atoms with Gasteiger partial charge in [-0.25, -0.2) is 21.6 Å². The highest BCUT2D eigenvalue weighted by atomic mass is 32.2. The van der Waals surface area contributed by atoms with Gasteiger partial charge in [-0.15, -0.1) is 0 Å². The molecular formula is C16H29NO4S2. The molecule has 0 aromatic carbocycles. The van der Waals surface area contributed by atoms with Crippen molar-refractivity contribution in [1.82, 2.24) is 4.72 Å². The molecule has 1 N–H and O–H groups in total. The molecule has 1 heterocycles. The largest absolute Gasteiger partial charge is 0.229 e. The van der Waals surface area contributed by atoms with Crippen molar-refractivity contribution in [3.63, 3.8) is 0 Å². The third-order valence-corrected chi connectivity index (χ3v) is 9.53. The van der Waals surface area contributed by atoms with E-state index < -0.39 is 19.9 Å². The summed E-state index contributed by atoms with van der Waals surface area (Å²) in [4.78, 5) is 0. The molecule has 5 nitrogen and oxygen atoms in total. The minimum absolute atomic E-state index is 0.0290. The molecule has 0 aromatic rings. The smallest absolute Gasteiger partial charge is 0.212 e. The maximum absolute atomic E-state index is 12.6. The fourth-order valence-electron chi connectivity index (χ4n) is 4.99. The first-order valence-electron chi connectivity index (χ1n) is 9.01. The molecule has 23 heavy (non-hydrogen) atoms. The molecule has 3 aliphatic rings. The summed E-state index contributed by atoms with van der Waals surface area (Å²) < 4.78 is 51.7. The maximum atomic E-state index is 12.6. The lowest BCUT2D eigenvalue weighted by atomic mass is 9.69. The predicted octanol–water partition coefficient (Wildman–Crippen LogP) is 2.23. The highest BCUT2D eigenvalue weighted by Crippen LogP contribution is 2.49. The van der Waals surface area contributed by atoms with Crippen molar-refractivity contribution in [1.29, 1.82) is 0 Å². The van der Waals surface area contributed by atoms with Crippen molar-refractivity contribution < 1.29 is 16.8 Å². The molecule has 3 rings (SSSR count). The van der Waals surface area contributed by atoms with Gasteiger partial charge in [0.2, 0.25) is 10.0 Å². The van der Waals surface area contributed by atoms with Crippen LogP contribution >= 0.6 is 0 Å². The summed E-state index contributed by atoms with van der Waals surface area (Å²) >= 11 is 0. The van der Waals surface area contributed by atoms with Crippen LogP contribution in [0.1, 0.15) is 64.2 Å². The van der Waals surface area contributed by atoms with Crippen LogP contribution in [0.15, 0.2) is 0 Å². The van der Waals surface area contributed by atoms with E-state index >= 15 is 0 Å². The van der Waals surface area contributed by atoms with Gasteiger partial charge in [0.05, 0.1) is 17.3 Å². The summed E-state index contributed by atoms with van der Waals surface area (Å²) in [7, 11) is -6.46. The molecule has 2 unspecified atom stereocenters. The fourth-order valence-corrected chi connectivity index (χ4v) is 8.72. The summed E-state index contributed by atoms with van der Waals surface area (Å²) in [5.74, 6) is -0.0278. The second-order valence-corrected chi connectivity index (χ2v) is 11.9. The molecule has 2 atom stereocenters.